The molecule has 2 aromatic rings. The Balaban J connectivity index is 1.34. The van der Waals surface area contributed by atoms with E-state index < -0.39 is 40.8 Å². The van der Waals surface area contributed by atoms with Crippen molar-refractivity contribution < 1.29 is 35.6 Å². The number of nitrogens with zero attached hydrogens (tertiary/aromatic N) is 2. The molecular formula is C20H17F6N3O2. The Morgan fingerprint density at radius 1 is 1.16 bits per heavy atom. The zero-order valence-electron chi connectivity index (χ0n) is 16.0. The zero-order chi connectivity index (χ0) is 22.2. The average Bonchev–Trinajstić information content (AvgIpc) is 3.03. The Labute approximate surface area is 172 Å². The summed E-state index contributed by atoms with van der Waals surface area (Å²) in [6.07, 6.45) is -6.81. The van der Waals surface area contributed by atoms with Crippen LogP contribution in [0, 0.1) is 10.8 Å². The molecule has 0 unspecified atom stereocenters. The SMILES string of the molecule is O=C(N[C@H]1CCCc2oc(-c3ccnc(C(F)(F)F)c3)nc21)C12CC(C(F)(F)F)(C1)C2. The third-order valence-corrected chi connectivity index (χ3v) is 6.67. The van der Waals surface area contributed by atoms with Gasteiger partial charge in [0.05, 0.1) is 16.9 Å². The van der Waals surface area contributed by atoms with Gasteiger partial charge in [-0.25, -0.2) is 4.98 Å². The number of fused-ring (bicyclic) bond motifs is 1. The molecule has 0 aliphatic heterocycles. The Morgan fingerprint density at radius 2 is 1.87 bits per heavy atom. The maximum absolute atomic E-state index is 13.0. The van der Waals surface area contributed by atoms with Crippen LogP contribution in [0.2, 0.25) is 0 Å². The van der Waals surface area contributed by atoms with Gasteiger partial charge in [-0.1, -0.05) is 0 Å². The Bertz CT molecular complexity index is 1040. The van der Waals surface area contributed by atoms with Gasteiger partial charge in [0.2, 0.25) is 11.8 Å². The van der Waals surface area contributed by atoms with E-state index in [9.17, 15) is 31.1 Å². The lowest BCUT2D eigenvalue weighted by molar-refractivity contribution is -0.351. The lowest BCUT2D eigenvalue weighted by atomic mass is 9.34. The predicted molar refractivity (Wildman–Crippen MR) is 93.3 cm³/mol. The molecule has 0 aromatic carbocycles. The van der Waals surface area contributed by atoms with E-state index in [2.05, 4.69) is 15.3 Å². The predicted octanol–water partition coefficient (Wildman–Crippen LogP) is 4.98. The largest absolute Gasteiger partial charge is 0.441 e. The fraction of sp³-hybridized carbons (Fsp3) is 0.550. The van der Waals surface area contributed by atoms with Crippen LogP contribution in [0.4, 0.5) is 26.3 Å². The number of oxazole rings is 1. The number of alkyl halides is 6. The number of halogens is 6. The highest BCUT2D eigenvalue weighted by molar-refractivity contribution is 5.87. The van der Waals surface area contributed by atoms with Gasteiger partial charge >= 0.3 is 12.4 Å². The highest BCUT2D eigenvalue weighted by Crippen LogP contribution is 2.78. The Morgan fingerprint density at radius 3 is 2.52 bits per heavy atom. The fourth-order valence-electron chi connectivity index (χ4n) is 5.04. The fourth-order valence-corrected chi connectivity index (χ4v) is 5.04. The molecule has 3 saturated carbocycles. The van der Waals surface area contributed by atoms with E-state index in [-0.39, 0.29) is 30.7 Å². The second kappa shape index (κ2) is 6.23. The molecule has 31 heavy (non-hydrogen) atoms. The lowest BCUT2D eigenvalue weighted by Gasteiger charge is -2.69. The quantitative estimate of drug-likeness (QED) is 0.677. The van der Waals surface area contributed by atoms with Gasteiger partial charge in [0, 0.05) is 18.2 Å². The van der Waals surface area contributed by atoms with Crippen LogP contribution in [0.3, 0.4) is 0 Å². The maximum atomic E-state index is 13.0. The maximum Gasteiger partial charge on any atom is 0.433 e. The summed E-state index contributed by atoms with van der Waals surface area (Å²) in [7, 11) is 0. The summed E-state index contributed by atoms with van der Waals surface area (Å²) >= 11 is 0. The molecule has 4 aliphatic rings. The summed E-state index contributed by atoms with van der Waals surface area (Å²) < 4.78 is 83.6. The average molecular weight is 445 g/mol. The number of nitrogens with one attached hydrogen (secondary N) is 1. The number of amides is 1. The van der Waals surface area contributed by atoms with Gasteiger partial charge in [0.15, 0.2) is 0 Å². The van der Waals surface area contributed by atoms with E-state index in [0.717, 1.165) is 12.3 Å². The first-order chi connectivity index (χ1) is 14.4. The number of aryl methyl sites for hydroxylation is 1. The van der Waals surface area contributed by atoms with Gasteiger partial charge in [0.1, 0.15) is 17.1 Å². The molecular weight excluding hydrogens is 428 g/mol. The number of pyridine rings is 1. The van der Waals surface area contributed by atoms with Gasteiger partial charge in [-0.15, -0.1) is 0 Å². The molecule has 11 heteroatoms. The molecule has 0 saturated heterocycles. The first-order valence-electron chi connectivity index (χ1n) is 9.84. The molecule has 4 aliphatic carbocycles. The third-order valence-electron chi connectivity index (χ3n) is 6.67. The summed E-state index contributed by atoms with van der Waals surface area (Å²) in [4.78, 5) is 20.3. The van der Waals surface area contributed by atoms with Crippen molar-refractivity contribution in [1.29, 1.82) is 0 Å². The van der Waals surface area contributed by atoms with Crippen LogP contribution >= 0.6 is 0 Å². The first-order valence-corrected chi connectivity index (χ1v) is 9.84. The summed E-state index contributed by atoms with van der Waals surface area (Å²) in [5.74, 6) is 0.0196. The number of hydrogen-bond acceptors (Lipinski definition) is 4. The summed E-state index contributed by atoms with van der Waals surface area (Å²) in [5.41, 5.74) is -3.26. The topological polar surface area (TPSA) is 68.0 Å². The van der Waals surface area contributed by atoms with Crippen LogP contribution in [0.5, 0.6) is 0 Å². The van der Waals surface area contributed by atoms with Crippen molar-refractivity contribution in [3.63, 3.8) is 0 Å². The molecule has 0 spiro atoms. The first kappa shape index (κ1) is 20.3. The minimum absolute atomic E-state index is 0.0133. The normalized spacial score (nSPS) is 29.5. The highest BCUT2D eigenvalue weighted by Gasteiger charge is 2.80. The number of carbonyl (C=O) groups is 1. The van der Waals surface area contributed by atoms with Gasteiger partial charge in [-0.05, 0) is 44.2 Å². The molecule has 1 N–H and O–H groups in total. The van der Waals surface area contributed by atoms with Crippen LogP contribution in [0.25, 0.3) is 11.5 Å². The molecule has 0 radical (unpaired) electrons. The van der Waals surface area contributed by atoms with Crippen molar-refractivity contribution in [3.05, 3.63) is 35.5 Å². The summed E-state index contributed by atoms with van der Waals surface area (Å²) in [6, 6.07) is 1.63. The van der Waals surface area contributed by atoms with Crippen molar-refractivity contribution in [2.45, 2.75) is 56.9 Å². The van der Waals surface area contributed by atoms with Crippen LogP contribution in [0.1, 0.15) is 55.3 Å². The van der Waals surface area contributed by atoms with Crippen LogP contribution in [0.15, 0.2) is 22.7 Å². The van der Waals surface area contributed by atoms with Crippen molar-refractivity contribution >= 4 is 5.91 Å². The number of hydrogen-bond donors (Lipinski definition) is 1. The minimum atomic E-state index is -4.62. The van der Waals surface area contributed by atoms with Crippen molar-refractivity contribution in [2.24, 2.45) is 10.8 Å². The van der Waals surface area contributed by atoms with Gasteiger partial charge in [-0.3, -0.25) is 9.78 Å². The minimum Gasteiger partial charge on any atom is -0.441 e. The molecule has 1 amide bonds. The number of rotatable bonds is 3. The number of aromatic nitrogens is 2. The molecule has 166 valence electrons. The molecule has 2 heterocycles. The second-order valence-electron chi connectivity index (χ2n) is 8.76. The molecule has 3 fully saturated rings. The van der Waals surface area contributed by atoms with E-state index in [4.69, 9.17) is 4.42 Å². The summed E-state index contributed by atoms with van der Waals surface area (Å²) in [5, 5.41) is 2.80. The highest BCUT2D eigenvalue weighted by atomic mass is 19.4. The number of carbonyl (C=O) groups excluding carboxylic acids is 1. The van der Waals surface area contributed by atoms with E-state index in [0.29, 0.717) is 30.7 Å². The summed E-state index contributed by atoms with van der Waals surface area (Å²) in [6.45, 7) is 0. The van der Waals surface area contributed by atoms with E-state index in [1.165, 1.54) is 6.07 Å². The van der Waals surface area contributed by atoms with Crippen molar-refractivity contribution in [2.75, 3.05) is 0 Å². The third kappa shape index (κ3) is 3.03. The van der Waals surface area contributed by atoms with Crippen molar-refractivity contribution in [1.82, 2.24) is 15.3 Å². The smallest absolute Gasteiger partial charge is 0.433 e. The lowest BCUT2D eigenvalue weighted by Crippen LogP contribution is -2.72. The molecule has 2 bridgehead atoms. The van der Waals surface area contributed by atoms with Gasteiger partial charge in [-0.2, -0.15) is 26.3 Å². The molecule has 6 rings (SSSR count). The van der Waals surface area contributed by atoms with E-state index in [1.807, 2.05) is 0 Å². The van der Waals surface area contributed by atoms with Crippen LogP contribution in [-0.4, -0.2) is 22.1 Å². The van der Waals surface area contributed by atoms with E-state index in [1.54, 1.807) is 0 Å². The zero-order valence-corrected chi connectivity index (χ0v) is 16.0. The standard InChI is InChI=1S/C20H17F6N3O2/c21-19(22,23)13-6-10(4-5-27-13)15-29-14-11(2-1-3-12(14)31-15)28-16(30)17-7-18(8-17,9-17)20(24,25)26/h4-6,11H,1-3,7-9H2,(H,28,30)/t11-,17?,18?/m0/s1. The van der Waals surface area contributed by atoms with E-state index >= 15 is 0 Å². The molecule has 2 aromatic heterocycles. The Hall–Kier alpha value is -2.59. The van der Waals surface area contributed by atoms with Gasteiger partial charge in [0.25, 0.3) is 0 Å². The van der Waals surface area contributed by atoms with Crippen molar-refractivity contribution in [3.8, 4) is 11.5 Å². The monoisotopic (exact) mass is 445 g/mol. The van der Waals surface area contributed by atoms with Gasteiger partial charge < -0.3 is 9.73 Å². The van der Waals surface area contributed by atoms with Crippen LogP contribution in [-0.2, 0) is 17.4 Å². The second-order valence-corrected chi connectivity index (χ2v) is 8.76. The van der Waals surface area contributed by atoms with Crippen LogP contribution < -0.4 is 5.32 Å². The Kier molecular flexibility index (Phi) is 4.08. The molecule has 1 atom stereocenters. The molecule has 5 nitrogen and oxygen atoms in total.